The number of rotatable bonds is 5. The lowest BCUT2D eigenvalue weighted by molar-refractivity contribution is 0.271. The zero-order valence-corrected chi connectivity index (χ0v) is 11.3. The first kappa shape index (κ1) is 13.5. The van der Waals surface area contributed by atoms with Crippen LogP contribution in [0.2, 0.25) is 0 Å². The molecule has 0 amide bonds. The first-order valence-corrected chi connectivity index (χ1v) is 6.44. The molecule has 0 saturated heterocycles. The van der Waals surface area contributed by atoms with Gasteiger partial charge in [0.05, 0.1) is 18.8 Å². The van der Waals surface area contributed by atoms with Gasteiger partial charge in [-0.1, -0.05) is 13.8 Å². The van der Waals surface area contributed by atoms with E-state index in [0.717, 1.165) is 23.6 Å². The summed E-state index contributed by atoms with van der Waals surface area (Å²) in [6.07, 6.45) is 1.73. The second-order valence-electron chi connectivity index (χ2n) is 4.79. The lowest BCUT2D eigenvalue weighted by Gasteiger charge is -2.09. The van der Waals surface area contributed by atoms with Crippen molar-refractivity contribution in [3.8, 4) is 17.0 Å². The lowest BCUT2D eigenvalue weighted by atomic mass is 10.1. The Labute approximate surface area is 113 Å². The van der Waals surface area contributed by atoms with Gasteiger partial charge in [-0.3, -0.25) is 0 Å². The van der Waals surface area contributed by atoms with E-state index in [2.05, 4.69) is 23.8 Å². The van der Waals surface area contributed by atoms with Gasteiger partial charge in [-0.25, -0.2) is 9.97 Å². The summed E-state index contributed by atoms with van der Waals surface area (Å²) in [6, 6.07) is 9.80. The van der Waals surface area contributed by atoms with Crippen LogP contribution in [0.3, 0.4) is 0 Å². The third-order valence-electron chi connectivity index (χ3n) is 2.62. The molecular weight excluding hydrogens is 238 g/mol. The van der Waals surface area contributed by atoms with Crippen LogP contribution >= 0.6 is 0 Å². The molecule has 0 bridgehead atoms. The molecule has 0 aliphatic heterocycles. The van der Waals surface area contributed by atoms with Crippen LogP contribution in [-0.2, 0) is 6.54 Å². The van der Waals surface area contributed by atoms with Gasteiger partial charge in [-0.15, -0.1) is 0 Å². The van der Waals surface area contributed by atoms with E-state index in [1.165, 1.54) is 0 Å². The van der Waals surface area contributed by atoms with Gasteiger partial charge in [0.25, 0.3) is 0 Å². The normalized spacial score (nSPS) is 10.7. The molecule has 1 heterocycles. The molecule has 4 nitrogen and oxygen atoms in total. The highest BCUT2D eigenvalue weighted by molar-refractivity contribution is 5.59. The van der Waals surface area contributed by atoms with Crippen molar-refractivity contribution in [3.63, 3.8) is 0 Å². The standard InChI is InChI=1S/C15H19N3O/c1-11(2)10-19-13-5-3-12(4-6-13)14-7-8-17-15(9-16)18-14/h3-8,11H,9-10,16H2,1-2H3. The summed E-state index contributed by atoms with van der Waals surface area (Å²) in [7, 11) is 0. The van der Waals surface area contributed by atoms with E-state index in [4.69, 9.17) is 10.5 Å². The third kappa shape index (κ3) is 3.76. The fourth-order valence-corrected chi connectivity index (χ4v) is 1.64. The predicted molar refractivity (Wildman–Crippen MR) is 75.7 cm³/mol. The maximum atomic E-state index is 5.65. The average molecular weight is 257 g/mol. The number of ether oxygens (including phenoxy) is 1. The van der Waals surface area contributed by atoms with Gasteiger partial charge in [0, 0.05) is 11.8 Å². The van der Waals surface area contributed by atoms with Crippen LogP contribution in [0.15, 0.2) is 36.5 Å². The molecule has 0 radical (unpaired) electrons. The van der Waals surface area contributed by atoms with Crippen molar-refractivity contribution in [2.75, 3.05) is 6.61 Å². The van der Waals surface area contributed by atoms with E-state index in [9.17, 15) is 0 Å². The minimum Gasteiger partial charge on any atom is -0.493 e. The van der Waals surface area contributed by atoms with Gasteiger partial charge in [0.1, 0.15) is 11.6 Å². The highest BCUT2D eigenvalue weighted by Crippen LogP contribution is 2.20. The number of nitrogens with zero attached hydrogens (tertiary/aromatic N) is 2. The van der Waals surface area contributed by atoms with Crippen LogP contribution in [0.4, 0.5) is 0 Å². The van der Waals surface area contributed by atoms with Crippen LogP contribution in [0, 0.1) is 5.92 Å². The van der Waals surface area contributed by atoms with Crippen molar-refractivity contribution in [2.24, 2.45) is 11.7 Å². The van der Waals surface area contributed by atoms with Gasteiger partial charge in [0.2, 0.25) is 0 Å². The quantitative estimate of drug-likeness (QED) is 0.894. The molecule has 4 heteroatoms. The summed E-state index contributed by atoms with van der Waals surface area (Å²) >= 11 is 0. The molecule has 0 aliphatic carbocycles. The van der Waals surface area contributed by atoms with Crippen molar-refractivity contribution < 1.29 is 4.74 Å². The van der Waals surface area contributed by atoms with E-state index in [1.54, 1.807) is 6.20 Å². The Bertz CT molecular complexity index is 523. The van der Waals surface area contributed by atoms with E-state index >= 15 is 0 Å². The maximum absolute atomic E-state index is 5.65. The van der Waals surface area contributed by atoms with Crippen molar-refractivity contribution in [3.05, 3.63) is 42.4 Å². The van der Waals surface area contributed by atoms with E-state index in [1.807, 2.05) is 30.3 Å². The Balaban J connectivity index is 2.13. The lowest BCUT2D eigenvalue weighted by Crippen LogP contribution is -2.04. The molecule has 0 atom stereocenters. The summed E-state index contributed by atoms with van der Waals surface area (Å²) < 4.78 is 5.65. The number of benzene rings is 1. The van der Waals surface area contributed by atoms with Gasteiger partial charge in [0.15, 0.2) is 0 Å². The Morgan fingerprint density at radius 3 is 2.53 bits per heavy atom. The molecule has 100 valence electrons. The highest BCUT2D eigenvalue weighted by Gasteiger charge is 2.02. The smallest absolute Gasteiger partial charge is 0.142 e. The van der Waals surface area contributed by atoms with Crippen molar-refractivity contribution >= 4 is 0 Å². The molecule has 2 rings (SSSR count). The van der Waals surface area contributed by atoms with Crippen LogP contribution in [-0.4, -0.2) is 16.6 Å². The van der Waals surface area contributed by atoms with Crippen molar-refractivity contribution in [2.45, 2.75) is 20.4 Å². The zero-order valence-electron chi connectivity index (χ0n) is 11.3. The maximum Gasteiger partial charge on any atom is 0.142 e. The molecule has 0 unspecified atom stereocenters. The first-order chi connectivity index (χ1) is 9.19. The largest absolute Gasteiger partial charge is 0.493 e. The summed E-state index contributed by atoms with van der Waals surface area (Å²) in [4.78, 5) is 8.48. The monoisotopic (exact) mass is 257 g/mol. The fourth-order valence-electron chi connectivity index (χ4n) is 1.64. The topological polar surface area (TPSA) is 61.0 Å². The van der Waals surface area contributed by atoms with Crippen LogP contribution in [0.25, 0.3) is 11.3 Å². The van der Waals surface area contributed by atoms with Crippen molar-refractivity contribution in [1.29, 1.82) is 0 Å². The van der Waals surface area contributed by atoms with Crippen LogP contribution in [0.5, 0.6) is 5.75 Å². The van der Waals surface area contributed by atoms with Crippen LogP contribution in [0.1, 0.15) is 19.7 Å². The van der Waals surface area contributed by atoms with E-state index in [-0.39, 0.29) is 0 Å². The zero-order chi connectivity index (χ0) is 13.7. The molecule has 0 fully saturated rings. The Hall–Kier alpha value is -1.94. The Morgan fingerprint density at radius 1 is 1.16 bits per heavy atom. The first-order valence-electron chi connectivity index (χ1n) is 6.44. The highest BCUT2D eigenvalue weighted by atomic mass is 16.5. The van der Waals surface area contributed by atoms with Gasteiger partial charge in [-0.2, -0.15) is 0 Å². The van der Waals surface area contributed by atoms with Gasteiger partial charge < -0.3 is 10.5 Å². The molecule has 0 saturated carbocycles. The number of hydrogen-bond acceptors (Lipinski definition) is 4. The number of aromatic nitrogens is 2. The van der Waals surface area contributed by atoms with Gasteiger partial charge in [-0.05, 0) is 36.2 Å². The van der Waals surface area contributed by atoms with Crippen LogP contribution < -0.4 is 10.5 Å². The summed E-state index contributed by atoms with van der Waals surface area (Å²) in [5.74, 6) is 2.05. The number of nitrogens with two attached hydrogens (primary N) is 1. The Morgan fingerprint density at radius 2 is 1.89 bits per heavy atom. The Kier molecular flexibility index (Phi) is 4.47. The number of hydrogen-bond donors (Lipinski definition) is 1. The van der Waals surface area contributed by atoms with Crippen molar-refractivity contribution in [1.82, 2.24) is 9.97 Å². The predicted octanol–water partition coefficient (Wildman–Crippen LogP) is 2.64. The third-order valence-corrected chi connectivity index (χ3v) is 2.62. The summed E-state index contributed by atoms with van der Waals surface area (Å²) in [6.45, 7) is 5.33. The molecule has 0 spiro atoms. The summed E-state index contributed by atoms with van der Waals surface area (Å²) in [5, 5.41) is 0. The molecule has 2 N–H and O–H groups in total. The second kappa shape index (κ2) is 6.29. The SMILES string of the molecule is CC(C)COc1ccc(-c2ccnc(CN)n2)cc1. The molecule has 1 aromatic carbocycles. The average Bonchev–Trinajstić information content (AvgIpc) is 2.45. The molecule has 2 aromatic rings. The minimum atomic E-state index is 0.351. The molecule has 19 heavy (non-hydrogen) atoms. The molecule has 0 aliphatic rings. The minimum absolute atomic E-state index is 0.351. The molecular formula is C15H19N3O. The van der Waals surface area contributed by atoms with Gasteiger partial charge >= 0.3 is 0 Å². The fraction of sp³-hybridized carbons (Fsp3) is 0.333. The summed E-state index contributed by atoms with van der Waals surface area (Å²) in [5.41, 5.74) is 7.46. The molecule has 1 aromatic heterocycles. The second-order valence-corrected chi connectivity index (χ2v) is 4.79. The van der Waals surface area contributed by atoms with E-state index < -0.39 is 0 Å². The van der Waals surface area contributed by atoms with E-state index in [0.29, 0.717) is 18.3 Å².